The monoisotopic (exact) mass is 338 g/mol. The second kappa shape index (κ2) is 7.61. The number of likely N-dealkylation sites (tertiary alicyclic amines) is 1. The van der Waals surface area contributed by atoms with Gasteiger partial charge in [-0.2, -0.15) is 5.10 Å². The molecule has 3 heterocycles. The van der Waals surface area contributed by atoms with Crippen LogP contribution >= 0.6 is 0 Å². The van der Waals surface area contributed by atoms with Gasteiger partial charge in [-0.1, -0.05) is 0 Å². The third-order valence-electron chi connectivity index (χ3n) is 5.05. The van der Waals surface area contributed by atoms with Gasteiger partial charge in [-0.05, 0) is 32.9 Å². The molecule has 2 fully saturated rings. The van der Waals surface area contributed by atoms with Crippen molar-refractivity contribution in [3.8, 4) is 0 Å². The smallest absolute Gasteiger partial charge is 0.309 e. The molecule has 6 nitrogen and oxygen atoms in total. The van der Waals surface area contributed by atoms with Crippen LogP contribution in [0.25, 0.3) is 0 Å². The Hall–Kier alpha value is -1.47. The molecule has 0 unspecified atom stereocenters. The first-order valence-electron chi connectivity index (χ1n) is 8.72. The van der Waals surface area contributed by atoms with Gasteiger partial charge in [0.2, 0.25) is 0 Å². The number of halogens is 1. The maximum Gasteiger partial charge on any atom is 0.309 e. The van der Waals surface area contributed by atoms with E-state index >= 15 is 0 Å². The fraction of sp³-hybridized carbons (Fsp3) is 0.765. The van der Waals surface area contributed by atoms with E-state index in [4.69, 9.17) is 4.74 Å². The molecule has 134 valence electrons. The van der Waals surface area contributed by atoms with Crippen LogP contribution in [-0.2, 0) is 23.1 Å². The number of hydrogen-bond acceptors (Lipinski definition) is 5. The Morgan fingerprint density at radius 2 is 2.33 bits per heavy atom. The molecule has 3 atom stereocenters. The molecule has 2 aliphatic rings. The molecule has 0 bridgehead atoms. The standard InChI is InChI=1S/C17H27FN4O2/c1-20(5-3-14-4-6-24-17(14)23)12-16-7-15(18)11-22(16)10-13-8-19-21(2)9-13/h8-9,14-16H,3-7,10-12H2,1-2H3/t14-,15-,16-/m0/s1. The van der Waals surface area contributed by atoms with Gasteiger partial charge in [-0.15, -0.1) is 0 Å². The lowest BCUT2D eigenvalue weighted by Crippen LogP contribution is -2.39. The van der Waals surface area contributed by atoms with Gasteiger partial charge in [0, 0.05) is 44.5 Å². The topological polar surface area (TPSA) is 50.6 Å². The molecule has 0 spiro atoms. The Morgan fingerprint density at radius 1 is 1.50 bits per heavy atom. The molecule has 24 heavy (non-hydrogen) atoms. The number of carbonyl (C=O) groups excluding carboxylic acids is 1. The SMILES string of the molecule is CN(CC[C@H]1CCOC1=O)C[C@@H]1C[C@H](F)CN1Cc1cnn(C)c1. The van der Waals surface area contributed by atoms with Gasteiger partial charge in [0.25, 0.3) is 0 Å². The summed E-state index contributed by atoms with van der Waals surface area (Å²) in [6, 6.07) is 0.209. The molecule has 3 rings (SSSR count). The highest BCUT2D eigenvalue weighted by atomic mass is 19.1. The second-order valence-electron chi connectivity index (χ2n) is 7.14. The lowest BCUT2D eigenvalue weighted by atomic mass is 10.0. The van der Waals surface area contributed by atoms with E-state index in [9.17, 15) is 9.18 Å². The van der Waals surface area contributed by atoms with Crippen molar-refractivity contribution in [2.75, 3.05) is 33.3 Å². The highest BCUT2D eigenvalue weighted by Crippen LogP contribution is 2.24. The number of aryl methyl sites for hydroxylation is 1. The number of nitrogens with zero attached hydrogens (tertiary/aromatic N) is 4. The average molecular weight is 338 g/mol. The van der Waals surface area contributed by atoms with Gasteiger partial charge in [0.15, 0.2) is 0 Å². The minimum absolute atomic E-state index is 0.0384. The van der Waals surface area contributed by atoms with Gasteiger partial charge >= 0.3 is 5.97 Å². The number of esters is 1. The largest absolute Gasteiger partial charge is 0.465 e. The van der Waals surface area contributed by atoms with Crippen molar-refractivity contribution < 1.29 is 13.9 Å². The Labute approximate surface area is 142 Å². The third-order valence-corrected chi connectivity index (χ3v) is 5.05. The molecular formula is C17H27FN4O2. The molecule has 0 saturated carbocycles. The summed E-state index contributed by atoms with van der Waals surface area (Å²) in [6.45, 7) is 3.44. The van der Waals surface area contributed by atoms with Crippen LogP contribution in [0.4, 0.5) is 4.39 Å². The van der Waals surface area contributed by atoms with E-state index in [1.54, 1.807) is 4.68 Å². The lowest BCUT2D eigenvalue weighted by Gasteiger charge is -2.28. The van der Waals surface area contributed by atoms with E-state index in [0.29, 0.717) is 19.6 Å². The molecule has 7 heteroatoms. The molecule has 0 aliphatic carbocycles. The first-order chi connectivity index (χ1) is 11.5. The molecule has 0 radical (unpaired) electrons. The van der Waals surface area contributed by atoms with Gasteiger partial charge in [0.1, 0.15) is 6.17 Å². The summed E-state index contributed by atoms with van der Waals surface area (Å²) in [7, 11) is 3.94. The van der Waals surface area contributed by atoms with Crippen molar-refractivity contribution in [1.29, 1.82) is 0 Å². The third kappa shape index (κ3) is 4.33. The Bertz CT molecular complexity index is 565. The van der Waals surface area contributed by atoms with Crippen molar-refractivity contribution in [1.82, 2.24) is 19.6 Å². The van der Waals surface area contributed by atoms with Gasteiger partial charge in [0.05, 0.1) is 18.7 Å². The highest BCUT2D eigenvalue weighted by molar-refractivity contribution is 5.74. The molecule has 1 aromatic heterocycles. The molecule has 0 N–H and O–H groups in total. The summed E-state index contributed by atoms with van der Waals surface area (Å²) >= 11 is 0. The number of alkyl halides is 1. The molecule has 0 aromatic carbocycles. The van der Waals surface area contributed by atoms with Gasteiger partial charge < -0.3 is 9.64 Å². The zero-order valence-electron chi connectivity index (χ0n) is 14.5. The van der Waals surface area contributed by atoms with E-state index in [1.807, 2.05) is 26.5 Å². The first kappa shape index (κ1) is 17.4. The summed E-state index contributed by atoms with van der Waals surface area (Å²) in [4.78, 5) is 15.9. The van der Waals surface area contributed by atoms with E-state index < -0.39 is 6.17 Å². The maximum absolute atomic E-state index is 13.9. The van der Waals surface area contributed by atoms with Crippen molar-refractivity contribution in [2.24, 2.45) is 13.0 Å². The number of hydrogen-bond donors (Lipinski definition) is 0. The Balaban J connectivity index is 1.49. The van der Waals surface area contributed by atoms with E-state index in [2.05, 4.69) is 14.9 Å². The van der Waals surface area contributed by atoms with Gasteiger partial charge in [-0.3, -0.25) is 14.4 Å². The summed E-state index contributed by atoms with van der Waals surface area (Å²) in [5.74, 6) is -0.0252. The van der Waals surface area contributed by atoms with Crippen LogP contribution < -0.4 is 0 Å². The number of rotatable bonds is 7. The summed E-state index contributed by atoms with van der Waals surface area (Å²) in [5, 5.41) is 4.19. The van der Waals surface area contributed by atoms with E-state index in [-0.39, 0.29) is 17.9 Å². The lowest BCUT2D eigenvalue weighted by molar-refractivity contribution is -0.141. The van der Waals surface area contributed by atoms with Crippen LogP contribution in [0.15, 0.2) is 12.4 Å². The molecule has 0 amide bonds. The predicted octanol–water partition coefficient (Wildman–Crippen LogP) is 1.22. The van der Waals surface area contributed by atoms with E-state index in [1.165, 1.54) is 0 Å². The van der Waals surface area contributed by atoms with Gasteiger partial charge in [-0.25, -0.2) is 4.39 Å². The van der Waals surface area contributed by atoms with Crippen molar-refractivity contribution in [3.05, 3.63) is 18.0 Å². The number of aromatic nitrogens is 2. The zero-order chi connectivity index (χ0) is 17.1. The quantitative estimate of drug-likeness (QED) is 0.700. The van der Waals surface area contributed by atoms with Crippen molar-refractivity contribution in [2.45, 2.75) is 38.0 Å². The summed E-state index contributed by atoms with van der Waals surface area (Å²) < 4.78 is 20.7. The molecule has 2 aliphatic heterocycles. The van der Waals surface area contributed by atoms with Crippen LogP contribution in [0, 0.1) is 5.92 Å². The Kier molecular flexibility index (Phi) is 5.50. The van der Waals surface area contributed by atoms with E-state index in [0.717, 1.165) is 38.0 Å². The minimum Gasteiger partial charge on any atom is -0.465 e. The van der Waals surface area contributed by atoms with Crippen LogP contribution in [0.2, 0.25) is 0 Å². The fourth-order valence-corrected chi connectivity index (χ4v) is 3.72. The molecule has 2 saturated heterocycles. The first-order valence-corrected chi connectivity index (χ1v) is 8.72. The average Bonchev–Trinajstić information content (AvgIpc) is 3.20. The van der Waals surface area contributed by atoms with Crippen LogP contribution in [0.5, 0.6) is 0 Å². The maximum atomic E-state index is 13.9. The Morgan fingerprint density at radius 3 is 3.00 bits per heavy atom. The summed E-state index contributed by atoms with van der Waals surface area (Å²) in [6.07, 6.45) is 5.30. The second-order valence-corrected chi connectivity index (χ2v) is 7.14. The zero-order valence-corrected chi connectivity index (χ0v) is 14.5. The number of likely N-dealkylation sites (N-methyl/N-ethyl adjacent to an activating group) is 1. The summed E-state index contributed by atoms with van der Waals surface area (Å²) in [5.41, 5.74) is 1.12. The van der Waals surface area contributed by atoms with Crippen LogP contribution in [0.1, 0.15) is 24.8 Å². The fourth-order valence-electron chi connectivity index (χ4n) is 3.72. The highest BCUT2D eigenvalue weighted by Gasteiger charge is 2.33. The normalized spacial score (nSPS) is 28.0. The minimum atomic E-state index is -0.759. The molecular weight excluding hydrogens is 311 g/mol. The number of ether oxygens (including phenoxy) is 1. The van der Waals surface area contributed by atoms with Crippen LogP contribution in [-0.4, -0.2) is 71.1 Å². The van der Waals surface area contributed by atoms with Crippen LogP contribution in [0.3, 0.4) is 0 Å². The number of carbonyl (C=O) groups is 1. The molecule has 1 aromatic rings. The van der Waals surface area contributed by atoms with Crippen molar-refractivity contribution in [3.63, 3.8) is 0 Å². The predicted molar refractivity (Wildman–Crippen MR) is 88.1 cm³/mol. The number of cyclic esters (lactones) is 1. The van der Waals surface area contributed by atoms with Crippen molar-refractivity contribution >= 4 is 5.97 Å².